The number of anilines is 2. The summed E-state index contributed by atoms with van der Waals surface area (Å²) in [4.78, 5) is 14.0. The molecule has 1 fully saturated rings. The van der Waals surface area contributed by atoms with E-state index in [9.17, 15) is 13.2 Å². The first-order chi connectivity index (χ1) is 12.5. The molecule has 2 aliphatic rings. The van der Waals surface area contributed by atoms with Crippen LogP contribution >= 0.6 is 0 Å². The fourth-order valence-electron chi connectivity index (χ4n) is 3.87. The van der Waals surface area contributed by atoms with Crippen molar-refractivity contribution in [3.05, 3.63) is 53.6 Å². The van der Waals surface area contributed by atoms with Gasteiger partial charge in [0.25, 0.3) is 10.0 Å². The number of rotatable bonds is 3. The summed E-state index contributed by atoms with van der Waals surface area (Å²) in [6, 6.07) is 12.8. The number of nitrogens with zero attached hydrogens (tertiary/aromatic N) is 2. The van der Waals surface area contributed by atoms with Gasteiger partial charge in [0, 0.05) is 25.2 Å². The molecular weight excluding hydrogens is 348 g/mol. The first kappa shape index (κ1) is 17.1. The molecule has 1 amide bonds. The van der Waals surface area contributed by atoms with Gasteiger partial charge in [-0.2, -0.15) is 0 Å². The Morgan fingerprint density at radius 3 is 2.42 bits per heavy atom. The first-order valence-electron chi connectivity index (χ1n) is 9.00. The van der Waals surface area contributed by atoms with Crippen LogP contribution in [0.25, 0.3) is 0 Å². The van der Waals surface area contributed by atoms with E-state index >= 15 is 0 Å². The SMILES string of the molecule is Cc1cc(S(=O)(=O)N2CCCc3ccccc32)ccc1N1CCCC1=O. The van der Waals surface area contributed by atoms with Crippen LogP contribution in [0.1, 0.15) is 30.4 Å². The third kappa shape index (κ3) is 2.78. The van der Waals surface area contributed by atoms with Gasteiger partial charge in [0.2, 0.25) is 5.91 Å². The van der Waals surface area contributed by atoms with Crippen LogP contribution in [0.2, 0.25) is 0 Å². The van der Waals surface area contributed by atoms with Gasteiger partial charge >= 0.3 is 0 Å². The number of sulfonamides is 1. The molecule has 5 nitrogen and oxygen atoms in total. The number of para-hydroxylation sites is 1. The van der Waals surface area contributed by atoms with E-state index in [1.807, 2.05) is 31.2 Å². The summed E-state index contributed by atoms with van der Waals surface area (Å²) in [5, 5.41) is 0. The maximum absolute atomic E-state index is 13.2. The van der Waals surface area contributed by atoms with Crippen LogP contribution in [-0.4, -0.2) is 27.4 Å². The summed E-state index contributed by atoms with van der Waals surface area (Å²) in [7, 11) is -3.62. The lowest BCUT2D eigenvalue weighted by Gasteiger charge is -2.30. The van der Waals surface area contributed by atoms with Crippen LogP contribution in [0.5, 0.6) is 0 Å². The van der Waals surface area contributed by atoms with Crippen molar-refractivity contribution in [2.75, 3.05) is 22.3 Å². The minimum absolute atomic E-state index is 0.105. The highest BCUT2D eigenvalue weighted by Crippen LogP contribution is 2.33. The van der Waals surface area contributed by atoms with Crippen molar-refractivity contribution in [3.8, 4) is 0 Å². The highest BCUT2D eigenvalue weighted by atomic mass is 32.2. The van der Waals surface area contributed by atoms with Crippen molar-refractivity contribution in [2.45, 2.75) is 37.5 Å². The average molecular weight is 370 g/mol. The number of carbonyl (C=O) groups is 1. The lowest BCUT2D eigenvalue weighted by Crippen LogP contribution is -2.35. The van der Waals surface area contributed by atoms with Crippen molar-refractivity contribution in [1.29, 1.82) is 0 Å². The molecule has 0 radical (unpaired) electrons. The molecule has 0 bridgehead atoms. The Bertz CT molecular complexity index is 969. The van der Waals surface area contributed by atoms with Gasteiger partial charge in [0.1, 0.15) is 0 Å². The smallest absolute Gasteiger partial charge is 0.264 e. The van der Waals surface area contributed by atoms with E-state index in [1.165, 1.54) is 4.31 Å². The van der Waals surface area contributed by atoms with Crippen molar-refractivity contribution in [1.82, 2.24) is 0 Å². The van der Waals surface area contributed by atoms with E-state index in [2.05, 4.69) is 0 Å². The molecule has 0 saturated carbocycles. The molecular formula is C20H22N2O3S. The van der Waals surface area contributed by atoms with E-state index < -0.39 is 10.0 Å². The van der Waals surface area contributed by atoms with Gasteiger partial charge in [0.05, 0.1) is 10.6 Å². The van der Waals surface area contributed by atoms with Gasteiger partial charge < -0.3 is 4.90 Å². The maximum atomic E-state index is 13.2. The number of hydrogen-bond acceptors (Lipinski definition) is 3. The predicted octanol–water partition coefficient (Wildman–Crippen LogP) is 3.26. The summed E-state index contributed by atoms with van der Waals surface area (Å²) in [5.41, 5.74) is 3.46. The Kier molecular flexibility index (Phi) is 4.23. The number of benzene rings is 2. The zero-order chi connectivity index (χ0) is 18.3. The quantitative estimate of drug-likeness (QED) is 0.833. The Hall–Kier alpha value is -2.34. The largest absolute Gasteiger partial charge is 0.312 e. The van der Waals surface area contributed by atoms with Gasteiger partial charge in [-0.1, -0.05) is 18.2 Å². The summed E-state index contributed by atoms with van der Waals surface area (Å²) >= 11 is 0. The third-order valence-electron chi connectivity index (χ3n) is 5.19. The number of carbonyl (C=O) groups excluding carboxylic acids is 1. The average Bonchev–Trinajstić information content (AvgIpc) is 3.07. The molecule has 6 heteroatoms. The van der Waals surface area contributed by atoms with Crippen LogP contribution in [0.15, 0.2) is 47.4 Å². The normalized spacial score (nSPS) is 17.5. The summed E-state index contributed by atoms with van der Waals surface area (Å²) in [6.07, 6.45) is 3.12. The molecule has 4 rings (SSSR count). The number of fused-ring (bicyclic) bond motifs is 1. The van der Waals surface area contributed by atoms with Crippen molar-refractivity contribution in [3.63, 3.8) is 0 Å². The summed E-state index contributed by atoms with van der Waals surface area (Å²) in [5.74, 6) is 0.105. The minimum Gasteiger partial charge on any atom is -0.312 e. The standard InChI is InChI=1S/C20H22N2O3S/c1-15-14-17(10-11-18(15)21-12-5-9-20(21)23)26(24,25)22-13-4-7-16-6-2-3-8-19(16)22/h2-3,6,8,10-11,14H,4-5,7,9,12-13H2,1H3. The topological polar surface area (TPSA) is 57.7 Å². The van der Waals surface area contributed by atoms with Crippen molar-refractivity contribution >= 4 is 27.3 Å². The number of hydrogen-bond donors (Lipinski definition) is 0. The van der Waals surface area contributed by atoms with Crippen LogP contribution in [0.3, 0.4) is 0 Å². The van der Waals surface area contributed by atoms with Crippen molar-refractivity contribution in [2.24, 2.45) is 0 Å². The van der Waals surface area contributed by atoms with E-state index in [0.29, 0.717) is 19.5 Å². The Labute approximate surface area is 154 Å². The van der Waals surface area contributed by atoms with Gasteiger partial charge in [0.15, 0.2) is 0 Å². The molecule has 2 aromatic carbocycles. The van der Waals surface area contributed by atoms with E-state index in [1.54, 1.807) is 23.1 Å². The van der Waals surface area contributed by atoms with Gasteiger partial charge in [-0.15, -0.1) is 0 Å². The lowest BCUT2D eigenvalue weighted by atomic mass is 10.0. The molecule has 2 aromatic rings. The highest BCUT2D eigenvalue weighted by molar-refractivity contribution is 7.92. The molecule has 0 aliphatic carbocycles. The van der Waals surface area contributed by atoms with E-state index in [4.69, 9.17) is 0 Å². The third-order valence-corrected chi connectivity index (χ3v) is 7.00. The fraction of sp³-hybridized carbons (Fsp3) is 0.350. The Morgan fingerprint density at radius 2 is 1.69 bits per heavy atom. The van der Waals surface area contributed by atoms with Crippen LogP contribution in [-0.2, 0) is 21.2 Å². The molecule has 0 unspecified atom stereocenters. The van der Waals surface area contributed by atoms with Gasteiger partial charge in [-0.3, -0.25) is 9.10 Å². The van der Waals surface area contributed by atoms with Crippen LogP contribution in [0.4, 0.5) is 11.4 Å². The number of aryl methyl sites for hydroxylation is 2. The molecule has 136 valence electrons. The Morgan fingerprint density at radius 1 is 0.923 bits per heavy atom. The minimum atomic E-state index is -3.62. The fourth-order valence-corrected chi connectivity index (χ4v) is 5.50. The predicted molar refractivity (Wildman–Crippen MR) is 102 cm³/mol. The maximum Gasteiger partial charge on any atom is 0.264 e. The second-order valence-electron chi connectivity index (χ2n) is 6.91. The summed E-state index contributed by atoms with van der Waals surface area (Å²) < 4.78 is 28.0. The molecule has 0 N–H and O–H groups in total. The molecule has 26 heavy (non-hydrogen) atoms. The van der Waals surface area contributed by atoms with Gasteiger partial charge in [-0.25, -0.2) is 8.42 Å². The van der Waals surface area contributed by atoms with Crippen LogP contribution in [0, 0.1) is 6.92 Å². The zero-order valence-corrected chi connectivity index (χ0v) is 15.6. The molecule has 0 aromatic heterocycles. The number of amides is 1. The molecule has 0 spiro atoms. The highest BCUT2D eigenvalue weighted by Gasteiger charge is 2.30. The molecule has 2 aliphatic heterocycles. The summed E-state index contributed by atoms with van der Waals surface area (Å²) in [6.45, 7) is 3.06. The van der Waals surface area contributed by atoms with E-state index in [-0.39, 0.29) is 10.8 Å². The zero-order valence-electron chi connectivity index (χ0n) is 14.8. The lowest BCUT2D eigenvalue weighted by molar-refractivity contribution is -0.117. The second kappa shape index (κ2) is 6.43. The molecule has 2 heterocycles. The van der Waals surface area contributed by atoms with E-state index in [0.717, 1.165) is 41.8 Å². The second-order valence-corrected chi connectivity index (χ2v) is 8.77. The first-order valence-corrected chi connectivity index (χ1v) is 10.4. The Balaban J connectivity index is 1.71. The van der Waals surface area contributed by atoms with Gasteiger partial charge in [-0.05, 0) is 61.6 Å². The monoisotopic (exact) mass is 370 g/mol. The molecule has 1 saturated heterocycles. The van der Waals surface area contributed by atoms with Crippen LogP contribution < -0.4 is 9.21 Å². The van der Waals surface area contributed by atoms with Crippen molar-refractivity contribution < 1.29 is 13.2 Å². The molecule has 0 atom stereocenters.